The predicted octanol–water partition coefficient (Wildman–Crippen LogP) is 3.38. The SMILES string of the molecule is CCc1c2c(nc3ccc(O)cc13)-c1cc3c(c(=O)n1C2)COC(=O)C3(CC)OC(=O)[C@@H](NC(=O)[C@H](CCCCN)NC(=S)Nc1ccc(OC2OC(C)C(O)C(OC)C2O)cc1)C(C)C. The minimum absolute atomic E-state index is 0.0754. The van der Waals surface area contributed by atoms with Gasteiger partial charge >= 0.3 is 11.9 Å². The topological polar surface area (TPSA) is 255 Å². The van der Waals surface area contributed by atoms with Crippen molar-refractivity contribution in [1.29, 1.82) is 0 Å². The van der Waals surface area contributed by atoms with Crippen LogP contribution >= 0.6 is 12.2 Å². The quantitative estimate of drug-likeness (QED) is 0.0425. The van der Waals surface area contributed by atoms with Crippen LogP contribution in [0.15, 0.2) is 53.3 Å². The highest BCUT2D eigenvalue weighted by atomic mass is 32.1. The standard InChI is InChI=1S/C47H58N6O12S/c1-7-28-29-19-26(54)14-17-33(29)50-37-30(28)21-53-35(37)20-32-31(42(53)58)22-62-45(60)47(32,8-2)65-43(59)36(23(3)4)52-41(57)34(11-9-10-18-48)51-46(66)49-25-12-15-27(16-13-25)64-44-39(56)40(61-6)38(55)24(5)63-44/h12-17,19-20,23-24,34,36,38-40,44,54-56H,7-11,18,21-22,48H2,1-6H3,(H,52,57)(H2,49,51,66)/t24?,34-,36-,38?,39?,40?,44?,47?/m0/s1. The number of aromatic hydroxyl groups is 1. The molecule has 0 aliphatic carbocycles. The molecule has 2 aromatic carbocycles. The Morgan fingerprint density at radius 1 is 1.05 bits per heavy atom. The van der Waals surface area contributed by atoms with Gasteiger partial charge in [-0.3, -0.25) is 9.59 Å². The third kappa shape index (κ3) is 9.32. The summed E-state index contributed by atoms with van der Waals surface area (Å²) in [5.41, 5.74) is 7.67. The number of nitrogens with two attached hydrogens (primary N) is 1. The molecule has 354 valence electrons. The fourth-order valence-corrected chi connectivity index (χ4v) is 9.17. The number of anilines is 1. The molecule has 7 rings (SSSR count). The molecule has 8 N–H and O–H groups in total. The number of nitrogens with zero attached hydrogens (tertiary/aromatic N) is 2. The highest BCUT2D eigenvalue weighted by Crippen LogP contribution is 2.43. The second-order valence-corrected chi connectivity index (χ2v) is 17.6. The van der Waals surface area contributed by atoms with Gasteiger partial charge in [0.2, 0.25) is 17.8 Å². The van der Waals surface area contributed by atoms with Crippen LogP contribution in [-0.4, -0.2) is 104 Å². The number of carbonyl (C=O) groups excluding carboxylic acids is 3. The number of cyclic esters (lactones) is 1. The number of carbonyl (C=O) groups is 3. The minimum atomic E-state index is -2.02. The van der Waals surface area contributed by atoms with Crippen LogP contribution in [0.25, 0.3) is 22.3 Å². The van der Waals surface area contributed by atoms with Crippen molar-refractivity contribution in [3.05, 3.63) is 81.1 Å². The van der Waals surface area contributed by atoms with Gasteiger partial charge in [0.05, 0.1) is 35.1 Å². The summed E-state index contributed by atoms with van der Waals surface area (Å²) < 4.78 is 30.1. The molecule has 3 aliphatic heterocycles. The molecule has 5 heterocycles. The maximum Gasteiger partial charge on any atom is 0.355 e. The average Bonchev–Trinajstić information content (AvgIpc) is 3.66. The van der Waals surface area contributed by atoms with Gasteiger partial charge in [-0.15, -0.1) is 0 Å². The Balaban J connectivity index is 1.08. The van der Waals surface area contributed by atoms with Gasteiger partial charge in [0.15, 0.2) is 5.11 Å². The molecule has 19 heteroatoms. The molecule has 1 amide bonds. The van der Waals surface area contributed by atoms with Crippen molar-refractivity contribution < 1.29 is 53.4 Å². The molecule has 8 atom stereocenters. The zero-order chi connectivity index (χ0) is 47.6. The summed E-state index contributed by atoms with van der Waals surface area (Å²) in [4.78, 5) is 61.6. The van der Waals surface area contributed by atoms with E-state index in [2.05, 4.69) is 16.0 Å². The summed E-state index contributed by atoms with van der Waals surface area (Å²) in [6.45, 7) is 9.05. The smallest absolute Gasteiger partial charge is 0.355 e. The van der Waals surface area contributed by atoms with Crippen molar-refractivity contribution in [2.24, 2.45) is 11.7 Å². The van der Waals surface area contributed by atoms with E-state index in [-0.39, 0.29) is 41.6 Å². The molecule has 0 spiro atoms. The van der Waals surface area contributed by atoms with Gasteiger partial charge < -0.3 is 65.3 Å². The molecule has 2 aromatic heterocycles. The maximum absolute atomic E-state index is 14.4. The number of aliphatic hydroxyl groups is 2. The molecule has 1 fully saturated rings. The number of esters is 2. The van der Waals surface area contributed by atoms with E-state index < -0.39 is 77.7 Å². The largest absolute Gasteiger partial charge is 0.508 e. The Morgan fingerprint density at radius 2 is 1.79 bits per heavy atom. The molecule has 1 saturated heterocycles. The van der Waals surface area contributed by atoms with Crippen LogP contribution in [0.1, 0.15) is 82.6 Å². The van der Waals surface area contributed by atoms with Crippen LogP contribution in [0, 0.1) is 5.92 Å². The number of phenols is 1. The number of unbranched alkanes of at least 4 members (excludes halogenated alkanes) is 1. The molecule has 3 aliphatic rings. The predicted molar refractivity (Wildman–Crippen MR) is 246 cm³/mol. The van der Waals surface area contributed by atoms with Gasteiger partial charge in [-0.1, -0.05) is 27.7 Å². The lowest BCUT2D eigenvalue weighted by Gasteiger charge is -2.40. The number of nitrogens with one attached hydrogen (secondary N) is 3. The molecule has 4 aromatic rings. The first kappa shape index (κ1) is 48.2. The Hall–Kier alpha value is -5.70. The minimum Gasteiger partial charge on any atom is -0.508 e. The Bertz CT molecular complexity index is 2550. The molecule has 66 heavy (non-hydrogen) atoms. The Labute approximate surface area is 387 Å². The van der Waals surface area contributed by atoms with Crippen LogP contribution in [0.3, 0.4) is 0 Å². The summed E-state index contributed by atoms with van der Waals surface area (Å²) in [5, 5.41) is 41.0. The van der Waals surface area contributed by atoms with Gasteiger partial charge in [-0.2, -0.15) is 0 Å². The summed E-state index contributed by atoms with van der Waals surface area (Å²) in [6.07, 6.45) is -2.92. The Kier molecular flexibility index (Phi) is 14.6. The van der Waals surface area contributed by atoms with E-state index in [9.17, 15) is 34.5 Å². The molecule has 0 saturated carbocycles. The molecule has 0 bridgehead atoms. The van der Waals surface area contributed by atoms with E-state index in [4.69, 9.17) is 46.6 Å². The summed E-state index contributed by atoms with van der Waals surface area (Å²) in [5.74, 6) is -2.35. The van der Waals surface area contributed by atoms with Crippen LogP contribution in [0.4, 0.5) is 5.69 Å². The Morgan fingerprint density at radius 3 is 2.45 bits per heavy atom. The van der Waals surface area contributed by atoms with Crippen molar-refractivity contribution in [1.82, 2.24) is 20.2 Å². The summed E-state index contributed by atoms with van der Waals surface area (Å²) >= 11 is 5.62. The first-order chi connectivity index (χ1) is 31.5. The molecule has 18 nitrogen and oxygen atoms in total. The second kappa shape index (κ2) is 20.0. The van der Waals surface area contributed by atoms with Crippen LogP contribution in [0.2, 0.25) is 0 Å². The number of aliphatic hydroxyl groups excluding tert-OH is 2. The lowest BCUT2D eigenvalue weighted by molar-refractivity contribution is -0.272. The fraction of sp³-hybridized carbons (Fsp3) is 0.489. The number of pyridine rings is 2. The van der Waals surface area contributed by atoms with Gasteiger partial charge in [-0.05, 0) is 118 Å². The second-order valence-electron chi connectivity index (χ2n) is 17.2. The first-order valence-corrected chi connectivity index (χ1v) is 22.7. The number of hydrogen-bond acceptors (Lipinski definition) is 15. The number of thiocarbonyl (C=S) groups is 1. The van der Waals surface area contributed by atoms with Crippen molar-refractivity contribution in [3.8, 4) is 22.9 Å². The van der Waals surface area contributed by atoms with Crippen molar-refractivity contribution in [3.63, 3.8) is 0 Å². The highest BCUT2D eigenvalue weighted by molar-refractivity contribution is 7.80. The van der Waals surface area contributed by atoms with Gasteiger partial charge in [0.1, 0.15) is 48.5 Å². The molecular formula is C47H58N6O12S. The number of phenolic OH excluding ortho intramolecular Hbond substituents is 1. The zero-order valence-electron chi connectivity index (χ0n) is 37.8. The van der Waals surface area contributed by atoms with E-state index >= 15 is 0 Å². The highest BCUT2D eigenvalue weighted by Gasteiger charge is 2.52. The van der Waals surface area contributed by atoms with Gasteiger partial charge in [0, 0.05) is 29.3 Å². The van der Waals surface area contributed by atoms with Crippen molar-refractivity contribution >= 4 is 51.8 Å². The van der Waals surface area contributed by atoms with Crippen LogP contribution < -0.4 is 32.0 Å². The third-order valence-electron chi connectivity index (χ3n) is 12.6. The molecule has 6 unspecified atom stereocenters. The van der Waals surface area contributed by atoms with Crippen molar-refractivity contribution in [2.45, 2.75) is 128 Å². The number of benzene rings is 2. The maximum atomic E-state index is 14.4. The lowest BCUT2D eigenvalue weighted by Crippen LogP contribution is -2.59. The fourth-order valence-electron chi connectivity index (χ4n) is 8.91. The summed E-state index contributed by atoms with van der Waals surface area (Å²) in [7, 11) is 1.38. The van der Waals surface area contributed by atoms with E-state index in [1.165, 1.54) is 7.11 Å². The number of ether oxygens (including phenoxy) is 5. The molecule has 0 radical (unpaired) electrons. The monoisotopic (exact) mass is 930 g/mol. The van der Waals surface area contributed by atoms with E-state index in [1.807, 2.05) is 6.92 Å². The van der Waals surface area contributed by atoms with Crippen LogP contribution in [-0.2, 0) is 58.5 Å². The zero-order valence-corrected chi connectivity index (χ0v) is 38.6. The number of amides is 1. The summed E-state index contributed by atoms with van der Waals surface area (Å²) in [6, 6.07) is 11.0. The number of aryl methyl sites for hydroxylation is 1. The van der Waals surface area contributed by atoms with Gasteiger partial charge in [-0.25, -0.2) is 14.6 Å². The lowest BCUT2D eigenvalue weighted by atomic mass is 9.85. The number of fused-ring (bicyclic) bond motifs is 5. The van der Waals surface area contributed by atoms with E-state index in [0.29, 0.717) is 60.6 Å². The van der Waals surface area contributed by atoms with Crippen LogP contribution in [0.5, 0.6) is 11.5 Å². The van der Waals surface area contributed by atoms with E-state index in [0.717, 1.165) is 16.5 Å². The third-order valence-corrected chi connectivity index (χ3v) is 12.8. The normalized spacial score (nSPS) is 22.9. The van der Waals surface area contributed by atoms with Crippen molar-refractivity contribution in [2.75, 3.05) is 19.0 Å². The number of methoxy groups -OCH3 is 1. The first-order valence-electron chi connectivity index (χ1n) is 22.3. The molecular weight excluding hydrogens is 873 g/mol. The average molecular weight is 931 g/mol. The van der Waals surface area contributed by atoms with E-state index in [1.54, 1.807) is 80.8 Å². The van der Waals surface area contributed by atoms with Gasteiger partial charge in [0.25, 0.3) is 5.56 Å². The number of rotatable bonds is 16. The number of aromatic nitrogens is 2. The number of hydrogen-bond donors (Lipinski definition) is 7.